The molecule has 0 amide bonds. The van der Waals surface area contributed by atoms with Gasteiger partial charge in [0.05, 0.1) is 24.3 Å². The number of H-pyrrole nitrogens is 1. The Bertz CT molecular complexity index is 1110. The standard InChI is InChI=1S/C22H30N6O2/c1-6-22(4,5)28-20(24-25-26-28)19(27-7-9-30-10-8-27)17-13-16-15(3)11-14(2)12-18(16)23-21(17)29/h11-13,19H,6-10H2,1-5H3,(H,23,29)/p+1/t19-/m0/s1. The number of nitrogens with one attached hydrogen (secondary N) is 2. The third kappa shape index (κ3) is 3.65. The normalized spacial score (nSPS) is 16.8. The molecule has 1 atom stereocenters. The van der Waals surface area contributed by atoms with Gasteiger partial charge in [-0.1, -0.05) is 13.0 Å². The molecule has 0 saturated carbocycles. The molecule has 0 unspecified atom stereocenters. The second-order valence-electron chi connectivity index (χ2n) is 8.92. The van der Waals surface area contributed by atoms with Crippen molar-refractivity contribution in [1.82, 2.24) is 25.2 Å². The number of aromatic amines is 1. The largest absolute Gasteiger partial charge is 0.370 e. The maximum absolute atomic E-state index is 13.3. The van der Waals surface area contributed by atoms with Crippen molar-refractivity contribution in [3.8, 4) is 0 Å². The molecule has 1 aromatic carbocycles. The van der Waals surface area contributed by atoms with Crippen LogP contribution in [0.1, 0.15) is 55.7 Å². The van der Waals surface area contributed by atoms with Crippen LogP contribution in [-0.2, 0) is 10.3 Å². The molecule has 2 aromatic heterocycles. The number of morpholine rings is 1. The predicted octanol–water partition coefficient (Wildman–Crippen LogP) is 1.28. The average molecular weight is 412 g/mol. The number of tetrazole rings is 1. The van der Waals surface area contributed by atoms with Crippen LogP contribution in [0.25, 0.3) is 10.9 Å². The maximum Gasteiger partial charge on any atom is 0.258 e. The summed E-state index contributed by atoms with van der Waals surface area (Å²) in [5.74, 6) is 0.730. The van der Waals surface area contributed by atoms with Crippen molar-refractivity contribution in [2.45, 2.75) is 52.6 Å². The molecule has 0 radical (unpaired) electrons. The van der Waals surface area contributed by atoms with E-state index in [1.54, 1.807) is 0 Å². The number of pyridine rings is 1. The van der Waals surface area contributed by atoms with Crippen LogP contribution in [0.2, 0.25) is 0 Å². The number of aryl methyl sites for hydroxylation is 2. The molecule has 3 heterocycles. The first-order chi connectivity index (χ1) is 14.3. The van der Waals surface area contributed by atoms with Crippen molar-refractivity contribution in [2.24, 2.45) is 0 Å². The van der Waals surface area contributed by atoms with Gasteiger partial charge in [0.2, 0.25) is 5.82 Å². The molecule has 8 heteroatoms. The maximum atomic E-state index is 13.3. The Morgan fingerprint density at radius 2 is 1.97 bits per heavy atom. The van der Waals surface area contributed by atoms with Crippen molar-refractivity contribution in [3.05, 3.63) is 51.1 Å². The van der Waals surface area contributed by atoms with Crippen LogP contribution >= 0.6 is 0 Å². The summed E-state index contributed by atoms with van der Waals surface area (Å²) in [4.78, 5) is 17.7. The van der Waals surface area contributed by atoms with Gasteiger partial charge in [-0.15, -0.1) is 5.10 Å². The van der Waals surface area contributed by atoms with Crippen LogP contribution in [0.4, 0.5) is 0 Å². The van der Waals surface area contributed by atoms with Crippen LogP contribution in [0.15, 0.2) is 23.0 Å². The van der Waals surface area contributed by atoms with Crippen LogP contribution in [-0.4, -0.2) is 51.5 Å². The van der Waals surface area contributed by atoms with E-state index in [9.17, 15) is 4.79 Å². The molecular weight excluding hydrogens is 380 g/mol. The van der Waals surface area contributed by atoms with E-state index in [0.717, 1.165) is 47.4 Å². The number of fused-ring (bicyclic) bond motifs is 1. The molecule has 1 fully saturated rings. The van der Waals surface area contributed by atoms with Gasteiger partial charge >= 0.3 is 0 Å². The molecule has 8 nitrogen and oxygen atoms in total. The lowest BCUT2D eigenvalue weighted by Crippen LogP contribution is -3.14. The fraction of sp³-hybridized carbons (Fsp3) is 0.545. The van der Waals surface area contributed by atoms with Crippen molar-refractivity contribution in [2.75, 3.05) is 26.3 Å². The molecule has 1 aliphatic heterocycles. The van der Waals surface area contributed by atoms with Crippen LogP contribution < -0.4 is 10.5 Å². The molecule has 2 N–H and O–H groups in total. The zero-order valence-corrected chi connectivity index (χ0v) is 18.5. The number of aromatic nitrogens is 5. The molecule has 30 heavy (non-hydrogen) atoms. The summed E-state index contributed by atoms with van der Waals surface area (Å²) in [7, 11) is 0. The van der Waals surface area contributed by atoms with E-state index in [1.807, 2.05) is 23.7 Å². The zero-order valence-electron chi connectivity index (χ0n) is 18.5. The predicted molar refractivity (Wildman–Crippen MR) is 115 cm³/mol. The van der Waals surface area contributed by atoms with E-state index in [0.29, 0.717) is 18.8 Å². The minimum atomic E-state index is -0.261. The summed E-state index contributed by atoms with van der Waals surface area (Å²) < 4.78 is 7.48. The third-order valence-corrected chi connectivity index (χ3v) is 6.39. The fourth-order valence-electron chi connectivity index (χ4n) is 4.32. The number of benzene rings is 1. The van der Waals surface area contributed by atoms with Gasteiger partial charge in [-0.3, -0.25) is 4.79 Å². The third-order valence-electron chi connectivity index (χ3n) is 6.39. The van der Waals surface area contributed by atoms with Crippen molar-refractivity contribution in [3.63, 3.8) is 0 Å². The molecule has 0 aliphatic carbocycles. The fourth-order valence-corrected chi connectivity index (χ4v) is 4.32. The van der Waals surface area contributed by atoms with E-state index in [4.69, 9.17) is 4.74 Å². The van der Waals surface area contributed by atoms with Crippen molar-refractivity contribution >= 4 is 10.9 Å². The van der Waals surface area contributed by atoms with Crippen molar-refractivity contribution in [1.29, 1.82) is 0 Å². The van der Waals surface area contributed by atoms with Crippen LogP contribution in [0.5, 0.6) is 0 Å². The Labute approximate surface area is 176 Å². The van der Waals surface area contributed by atoms with Gasteiger partial charge < -0.3 is 14.6 Å². The Kier molecular flexibility index (Phi) is 5.46. The minimum Gasteiger partial charge on any atom is -0.370 e. The number of hydrogen-bond donors (Lipinski definition) is 2. The van der Waals surface area contributed by atoms with Gasteiger partial charge in [0.1, 0.15) is 13.1 Å². The lowest BCUT2D eigenvalue weighted by molar-refractivity contribution is -0.934. The second-order valence-corrected chi connectivity index (χ2v) is 8.92. The average Bonchev–Trinajstić information content (AvgIpc) is 3.20. The van der Waals surface area contributed by atoms with Gasteiger partial charge in [0.15, 0.2) is 6.04 Å². The SMILES string of the molecule is CCC(C)(C)n1nnnc1[C@H](c1cc2c(C)cc(C)cc2[nH]c1=O)[NH+]1CCOCC1. The smallest absolute Gasteiger partial charge is 0.258 e. The lowest BCUT2D eigenvalue weighted by Gasteiger charge is -2.33. The van der Waals surface area contributed by atoms with E-state index in [1.165, 1.54) is 4.90 Å². The lowest BCUT2D eigenvalue weighted by atomic mass is 9.98. The van der Waals surface area contributed by atoms with Crippen molar-refractivity contribution < 1.29 is 9.64 Å². The van der Waals surface area contributed by atoms with Crippen LogP contribution in [0, 0.1) is 13.8 Å². The highest BCUT2D eigenvalue weighted by Crippen LogP contribution is 2.26. The highest BCUT2D eigenvalue weighted by atomic mass is 16.5. The first-order valence-corrected chi connectivity index (χ1v) is 10.7. The summed E-state index contributed by atoms with van der Waals surface area (Å²) >= 11 is 0. The van der Waals surface area contributed by atoms with E-state index in [-0.39, 0.29) is 17.1 Å². The van der Waals surface area contributed by atoms with Gasteiger partial charge in [0.25, 0.3) is 5.56 Å². The number of ether oxygens (including phenoxy) is 1. The van der Waals surface area contributed by atoms with Gasteiger partial charge in [-0.25, -0.2) is 4.68 Å². The monoisotopic (exact) mass is 411 g/mol. The van der Waals surface area contributed by atoms with E-state index >= 15 is 0 Å². The molecule has 3 aromatic rings. The number of rotatable bonds is 5. The van der Waals surface area contributed by atoms with Gasteiger partial charge in [-0.2, -0.15) is 0 Å². The summed E-state index contributed by atoms with van der Waals surface area (Å²) in [5, 5.41) is 13.8. The first-order valence-electron chi connectivity index (χ1n) is 10.7. The quantitative estimate of drug-likeness (QED) is 0.660. The Hall–Kier alpha value is -2.58. The summed E-state index contributed by atoms with van der Waals surface area (Å²) in [6.45, 7) is 13.4. The number of nitrogens with zero attached hydrogens (tertiary/aromatic N) is 4. The number of quaternary nitrogens is 1. The number of hydrogen-bond acceptors (Lipinski definition) is 5. The summed E-state index contributed by atoms with van der Waals surface area (Å²) in [5.41, 5.74) is 3.51. The molecular formula is C22H31N6O2+. The molecule has 1 aliphatic rings. The molecule has 1 saturated heterocycles. The van der Waals surface area contributed by atoms with E-state index < -0.39 is 0 Å². The molecule has 0 spiro atoms. The Morgan fingerprint density at radius 3 is 2.67 bits per heavy atom. The second kappa shape index (κ2) is 7.92. The molecule has 0 bridgehead atoms. The first kappa shape index (κ1) is 20.7. The van der Waals surface area contributed by atoms with E-state index in [2.05, 4.69) is 54.3 Å². The highest BCUT2D eigenvalue weighted by Gasteiger charge is 2.37. The highest BCUT2D eigenvalue weighted by molar-refractivity contribution is 5.83. The molecule has 160 valence electrons. The topological polar surface area (TPSA) is 90.1 Å². The Balaban J connectivity index is 1.93. The summed E-state index contributed by atoms with van der Waals surface area (Å²) in [6.07, 6.45) is 0.878. The Morgan fingerprint density at radius 1 is 1.23 bits per heavy atom. The van der Waals surface area contributed by atoms with Gasteiger partial charge in [-0.05, 0) is 67.8 Å². The van der Waals surface area contributed by atoms with Gasteiger partial charge in [0, 0.05) is 10.9 Å². The zero-order chi connectivity index (χ0) is 21.5. The molecule has 4 rings (SSSR count). The van der Waals surface area contributed by atoms with Crippen LogP contribution in [0.3, 0.4) is 0 Å². The minimum absolute atomic E-state index is 0.0830. The summed E-state index contributed by atoms with van der Waals surface area (Å²) in [6, 6.07) is 5.94.